The number of hydrogen-bond donors (Lipinski definition) is 1. The van der Waals surface area contributed by atoms with Crippen LogP contribution in [0.3, 0.4) is 0 Å². The number of nitrogens with one attached hydrogen (secondary N) is 1. The first-order valence-electron chi connectivity index (χ1n) is 12.3. The van der Waals surface area contributed by atoms with Crippen LogP contribution >= 0.6 is 0 Å². The van der Waals surface area contributed by atoms with Crippen molar-refractivity contribution in [3.05, 3.63) is 78.4 Å². The van der Waals surface area contributed by atoms with Gasteiger partial charge in [-0.05, 0) is 68.1 Å². The number of hydrogen-bond acceptors (Lipinski definition) is 5. The molecule has 36 heavy (non-hydrogen) atoms. The van der Waals surface area contributed by atoms with Gasteiger partial charge in [0.25, 0.3) is 5.91 Å². The van der Waals surface area contributed by atoms with Crippen molar-refractivity contribution in [2.24, 2.45) is 0 Å². The molecule has 0 atom stereocenters. The molecule has 188 valence electrons. The molecule has 1 aliphatic rings. The van der Waals surface area contributed by atoms with Crippen LogP contribution in [0.2, 0.25) is 0 Å². The molecule has 0 saturated carbocycles. The van der Waals surface area contributed by atoms with E-state index in [-0.39, 0.29) is 18.4 Å². The summed E-state index contributed by atoms with van der Waals surface area (Å²) >= 11 is 0. The lowest BCUT2D eigenvalue weighted by atomic mass is 10.1. The third-order valence-electron chi connectivity index (χ3n) is 5.87. The SMILES string of the molecule is Cc1ccccc1OCCCCN1C(=O)COc2ccc(NC(=O)CCCOc3ccccc3)cc21. The van der Waals surface area contributed by atoms with E-state index in [1.807, 2.05) is 61.5 Å². The van der Waals surface area contributed by atoms with E-state index in [1.54, 1.807) is 23.1 Å². The van der Waals surface area contributed by atoms with Crippen LogP contribution in [0.4, 0.5) is 11.4 Å². The van der Waals surface area contributed by atoms with Crippen molar-refractivity contribution in [3.8, 4) is 17.2 Å². The lowest BCUT2D eigenvalue weighted by molar-refractivity contribution is -0.121. The Morgan fingerprint density at radius 3 is 2.56 bits per heavy atom. The zero-order valence-corrected chi connectivity index (χ0v) is 20.6. The molecule has 2 amide bonds. The predicted molar refractivity (Wildman–Crippen MR) is 140 cm³/mol. The number of carbonyl (C=O) groups is 2. The summed E-state index contributed by atoms with van der Waals surface area (Å²) in [4.78, 5) is 26.7. The summed E-state index contributed by atoms with van der Waals surface area (Å²) in [5.41, 5.74) is 2.42. The highest BCUT2D eigenvalue weighted by molar-refractivity contribution is 5.99. The van der Waals surface area contributed by atoms with Crippen molar-refractivity contribution >= 4 is 23.2 Å². The second-order valence-electron chi connectivity index (χ2n) is 8.65. The standard InChI is InChI=1S/C29H32N2O5/c1-22-10-5-6-13-26(22)35-18-8-7-17-31-25-20-23(15-16-27(25)36-21-29(31)33)30-28(32)14-9-19-34-24-11-3-2-4-12-24/h2-6,10-13,15-16,20H,7-9,14,17-19,21H2,1H3,(H,30,32). The largest absolute Gasteiger partial charge is 0.494 e. The predicted octanol–water partition coefficient (Wildman–Crippen LogP) is 5.38. The van der Waals surface area contributed by atoms with Crippen molar-refractivity contribution in [1.29, 1.82) is 0 Å². The van der Waals surface area contributed by atoms with Gasteiger partial charge < -0.3 is 24.4 Å². The number of anilines is 2. The first kappa shape index (κ1) is 25.1. The Morgan fingerprint density at radius 2 is 1.72 bits per heavy atom. The van der Waals surface area contributed by atoms with Gasteiger partial charge in [-0.3, -0.25) is 9.59 Å². The van der Waals surface area contributed by atoms with Crippen LogP contribution < -0.4 is 24.4 Å². The Hall–Kier alpha value is -4.00. The smallest absolute Gasteiger partial charge is 0.265 e. The molecule has 0 unspecified atom stereocenters. The molecule has 0 fully saturated rings. The van der Waals surface area contributed by atoms with E-state index in [2.05, 4.69) is 5.32 Å². The number of carbonyl (C=O) groups excluding carboxylic acids is 2. The highest BCUT2D eigenvalue weighted by Gasteiger charge is 2.25. The lowest BCUT2D eigenvalue weighted by Crippen LogP contribution is -2.39. The monoisotopic (exact) mass is 488 g/mol. The Bertz CT molecular complexity index is 1170. The summed E-state index contributed by atoms with van der Waals surface area (Å²) < 4.78 is 17.1. The summed E-state index contributed by atoms with van der Waals surface area (Å²) in [5.74, 6) is 2.12. The minimum absolute atomic E-state index is 0.0137. The van der Waals surface area contributed by atoms with Crippen LogP contribution in [0.5, 0.6) is 17.2 Å². The normalized spacial score (nSPS) is 12.5. The number of nitrogens with zero attached hydrogens (tertiary/aromatic N) is 1. The van der Waals surface area contributed by atoms with Gasteiger partial charge in [-0.25, -0.2) is 0 Å². The topological polar surface area (TPSA) is 77.1 Å². The maximum absolute atomic E-state index is 12.6. The van der Waals surface area contributed by atoms with E-state index in [0.717, 1.165) is 29.9 Å². The van der Waals surface area contributed by atoms with Gasteiger partial charge in [0.1, 0.15) is 17.2 Å². The van der Waals surface area contributed by atoms with E-state index in [9.17, 15) is 9.59 Å². The van der Waals surface area contributed by atoms with Gasteiger partial charge in [-0.1, -0.05) is 36.4 Å². The molecule has 0 aliphatic carbocycles. The fourth-order valence-electron chi connectivity index (χ4n) is 3.96. The van der Waals surface area contributed by atoms with E-state index in [0.29, 0.717) is 49.7 Å². The number of fused-ring (bicyclic) bond motifs is 1. The van der Waals surface area contributed by atoms with Crippen LogP contribution in [-0.4, -0.2) is 38.2 Å². The minimum Gasteiger partial charge on any atom is -0.494 e. The molecule has 1 heterocycles. The van der Waals surface area contributed by atoms with E-state index in [1.165, 1.54) is 0 Å². The zero-order valence-electron chi connectivity index (χ0n) is 20.6. The molecule has 0 radical (unpaired) electrons. The molecule has 7 heteroatoms. The molecule has 0 saturated heterocycles. The van der Waals surface area contributed by atoms with Gasteiger partial charge in [-0.2, -0.15) is 0 Å². The quantitative estimate of drug-likeness (QED) is 0.347. The minimum atomic E-state index is -0.102. The van der Waals surface area contributed by atoms with E-state index < -0.39 is 0 Å². The summed E-state index contributed by atoms with van der Waals surface area (Å²) in [6.45, 7) is 3.64. The molecule has 7 nitrogen and oxygen atoms in total. The van der Waals surface area contributed by atoms with Crippen LogP contribution in [0.15, 0.2) is 72.8 Å². The van der Waals surface area contributed by atoms with Crippen LogP contribution in [0, 0.1) is 6.92 Å². The van der Waals surface area contributed by atoms with Gasteiger partial charge >= 0.3 is 0 Å². The second-order valence-corrected chi connectivity index (χ2v) is 8.65. The van der Waals surface area contributed by atoms with Crippen molar-refractivity contribution in [3.63, 3.8) is 0 Å². The zero-order chi connectivity index (χ0) is 25.2. The van der Waals surface area contributed by atoms with Crippen molar-refractivity contribution in [2.75, 3.05) is 36.6 Å². The first-order valence-corrected chi connectivity index (χ1v) is 12.3. The maximum Gasteiger partial charge on any atom is 0.265 e. The van der Waals surface area contributed by atoms with E-state index in [4.69, 9.17) is 14.2 Å². The maximum atomic E-state index is 12.6. The summed E-state index contributed by atoms with van der Waals surface area (Å²) in [7, 11) is 0. The molecule has 1 N–H and O–H groups in total. The molecule has 4 rings (SSSR count). The van der Waals surface area contributed by atoms with Gasteiger partial charge in [0.15, 0.2) is 6.61 Å². The van der Waals surface area contributed by atoms with Crippen LogP contribution in [-0.2, 0) is 9.59 Å². The van der Waals surface area contributed by atoms with Crippen molar-refractivity contribution in [1.82, 2.24) is 0 Å². The Labute approximate surface area is 212 Å². The summed E-state index contributed by atoms with van der Waals surface area (Å²) in [5, 5.41) is 2.92. The molecule has 3 aromatic rings. The van der Waals surface area contributed by atoms with Gasteiger partial charge in [0.2, 0.25) is 5.91 Å². The summed E-state index contributed by atoms with van der Waals surface area (Å²) in [6, 6.07) is 22.8. The average molecular weight is 489 g/mol. The van der Waals surface area contributed by atoms with Gasteiger partial charge in [0, 0.05) is 18.7 Å². The molecule has 1 aliphatic heterocycles. The summed E-state index contributed by atoms with van der Waals surface area (Å²) in [6.07, 6.45) is 2.54. The molecular formula is C29H32N2O5. The number of rotatable bonds is 12. The third kappa shape index (κ3) is 7.01. The molecule has 0 spiro atoms. The molecule has 3 aromatic carbocycles. The number of amides is 2. The third-order valence-corrected chi connectivity index (χ3v) is 5.87. The number of para-hydroxylation sites is 2. The van der Waals surface area contributed by atoms with Gasteiger partial charge in [-0.15, -0.1) is 0 Å². The number of aryl methyl sites for hydroxylation is 1. The fraction of sp³-hybridized carbons (Fsp3) is 0.310. The highest BCUT2D eigenvalue weighted by Crippen LogP contribution is 2.35. The van der Waals surface area contributed by atoms with Crippen LogP contribution in [0.1, 0.15) is 31.2 Å². The van der Waals surface area contributed by atoms with E-state index >= 15 is 0 Å². The number of unbranched alkanes of at least 4 members (excludes halogenated alkanes) is 1. The van der Waals surface area contributed by atoms with Crippen molar-refractivity contribution in [2.45, 2.75) is 32.6 Å². The average Bonchev–Trinajstić information content (AvgIpc) is 2.89. The number of ether oxygens (including phenoxy) is 3. The van der Waals surface area contributed by atoms with Crippen LogP contribution in [0.25, 0.3) is 0 Å². The lowest BCUT2D eigenvalue weighted by Gasteiger charge is -2.30. The fourth-order valence-corrected chi connectivity index (χ4v) is 3.96. The molecule has 0 aromatic heterocycles. The molecular weight excluding hydrogens is 456 g/mol. The molecule has 0 bridgehead atoms. The highest BCUT2D eigenvalue weighted by atomic mass is 16.5. The second kappa shape index (κ2) is 12.6. The Balaban J connectivity index is 1.25. The van der Waals surface area contributed by atoms with Gasteiger partial charge in [0.05, 0.1) is 18.9 Å². The van der Waals surface area contributed by atoms with Crippen molar-refractivity contribution < 1.29 is 23.8 Å². The first-order chi connectivity index (χ1) is 17.6. The Morgan fingerprint density at radius 1 is 0.944 bits per heavy atom. The number of benzene rings is 3. The Kier molecular flexibility index (Phi) is 8.81.